The van der Waals surface area contributed by atoms with Crippen LogP contribution in [0.3, 0.4) is 0 Å². The normalized spacial score (nSPS) is 21.1. The second-order valence-corrected chi connectivity index (χ2v) is 11.9. The molecule has 2 aliphatic rings. The number of aliphatic hydroxyl groups excluding tert-OH is 1. The summed E-state index contributed by atoms with van der Waals surface area (Å²) in [6.45, 7) is 9.86. The summed E-state index contributed by atoms with van der Waals surface area (Å²) < 4.78 is 7.10. The summed E-state index contributed by atoms with van der Waals surface area (Å²) in [5.41, 5.74) is 2.27. The van der Waals surface area contributed by atoms with E-state index in [1.54, 1.807) is 4.68 Å². The average molecular weight is 536 g/mol. The zero-order valence-corrected chi connectivity index (χ0v) is 23.2. The summed E-state index contributed by atoms with van der Waals surface area (Å²) in [5, 5.41) is 26.2. The van der Waals surface area contributed by atoms with Crippen LogP contribution in [0.15, 0.2) is 35.0 Å². The predicted octanol–water partition coefficient (Wildman–Crippen LogP) is 3.33. The van der Waals surface area contributed by atoms with Gasteiger partial charge in [0, 0.05) is 30.6 Å². The largest absolute Gasteiger partial charge is 0.391 e. The maximum absolute atomic E-state index is 14.0. The number of aryl methyl sites for hydroxylation is 1. The van der Waals surface area contributed by atoms with Gasteiger partial charge in [-0.3, -0.25) is 9.59 Å². The topological polar surface area (TPSA) is 139 Å². The van der Waals surface area contributed by atoms with Gasteiger partial charge in [-0.25, -0.2) is 4.68 Å². The van der Waals surface area contributed by atoms with E-state index in [0.29, 0.717) is 24.1 Å². The summed E-state index contributed by atoms with van der Waals surface area (Å²) in [7, 11) is 0. The Morgan fingerprint density at radius 3 is 2.69 bits per heavy atom. The number of carbonyl (C=O) groups excluding carboxylic acids is 2. The van der Waals surface area contributed by atoms with Crippen LogP contribution in [0.5, 0.6) is 0 Å². The van der Waals surface area contributed by atoms with Gasteiger partial charge in [0.25, 0.3) is 5.89 Å². The molecule has 1 aliphatic heterocycles. The zero-order chi connectivity index (χ0) is 27.9. The second-order valence-electron chi connectivity index (χ2n) is 11.9. The fourth-order valence-corrected chi connectivity index (χ4v) is 5.22. The number of nitrogens with one attached hydrogen (secondary N) is 1. The number of likely N-dealkylation sites (tertiary alicyclic amines) is 1. The lowest BCUT2D eigenvalue weighted by Crippen LogP contribution is -2.50. The molecule has 11 heteroatoms. The van der Waals surface area contributed by atoms with Crippen molar-refractivity contribution in [3.05, 3.63) is 47.5 Å². The Morgan fingerprint density at radius 1 is 1.26 bits per heavy atom. The van der Waals surface area contributed by atoms with Crippen molar-refractivity contribution in [3.8, 4) is 11.5 Å². The SMILES string of the molecule is CCC(NC(=O)C1CC(O)CN1C(=O)C(n1cc(C2CC2)nn1)C(C)(C)C)c1noc(-c2cccc(C)c2)n1. The molecule has 208 valence electrons. The van der Waals surface area contributed by atoms with Crippen molar-refractivity contribution < 1.29 is 19.2 Å². The lowest BCUT2D eigenvalue weighted by Gasteiger charge is -2.34. The second kappa shape index (κ2) is 10.5. The van der Waals surface area contributed by atoms with E-state index in [1.807, 2.05) is 65.1 Å². The number of aliphatic hydroxyl groups is 1. The highest BCUT2D eigenvalue weighted by Crippen LogP contribution is 2.40. The first-order chi connectivity index (χ1) is 18.5. The Hall–Kier alpha value is -3.60. The Bertz CT molecular complexity index is 1340. The molecule has 0 bridgehead atoms. The molecule has 5 rings (SSSR count). The van der Waals surface area contributed by atoms with Crippen molar-refractivity contribution >= 4 is 11.8 Å². The predicted molar refractivity (Wildman–Crippen MR) is 142 cm³/mol. The van der Waals surface area contributed by atoms with Crippen LogP contribution in [0.2, 0.25) is 0 Å². The van der Waals surface area contributed by atoms with Crippen LogP contribution in [-0.4, -0.2) is 65.6 Å². The number of benzene rings is 1. The molecule has 3 heterocycles. The molecule has 3 aromatic rings. The minimum absolute atomic E-state index is 0.0736. The van der Waals surface area contributed by atoms with Gasteiger partial charge in [0.2, 0.25) is 11.8 Å². The molecule has 1 aliphatic carbocycles. The van der Waals surface area contributed by atoms with E-state index in [-0.39, 0.29) is 24.8 Å². The van der Waals surface area contributed by atoms with E-state index in [1.165, 1.54) is 4.90 Å². The number of carbonyl (C=O) groups is 2. The van der Waals surface area contributed by atoms with Crippen molar-refractivity contribution in [2.75, 3.05) is 6.54 Å². The summed E-state index contributed by atoms with van der Waals surface area (Å²) >= 11 is 0. The number of nitrogens with zero attached hydrogens (tertiary/aromatic N) is 6. The smallest absolute Gasteiger partial charge is 0.258 e. The number of aromatic nitrogens is 5. The zero-order valence-electron chi connectivity index (χ0n) is 23.2. The average Bonchev–Trinajstić information content (AvgIpc) is 3.26. The van der Waals surface area contributed by atoms with Gasteiger partial charge in [-0.1, -0.05) is 55.8 Å². The monoisotopic (exact) mass is 535 g/mol. The highest BCUT2D eigenvalue weighted by atomic mass is 16.5. The van der Waals surface area contributed by atoms with Crippen molar-refractivity contribution in [3.63, 3.8) is 0 Å². The van der Waals surface area contributed by atoms with Gasteiger partial charge < -0.3 is 19.8 Å². The van der Waals surface area contributed by atoms with E-state index >= 15 is 0 Å². The van der Waals surface area contributed by atoms with Gasteiger partial charge in [-0.15, -0.1) is 5.10 Å². The summed E-state index contributed by atoms with van der Waals surface area (Å²) in [5.74, 6) is 0.519. The third kappa shape index (κ3) is 5.73. The molecular formula is C28H37N7O4. The van der Waals surface area contributed by atoms with Gasteiger partial charge in [0.1, 0.15) is 12.1 Å². The highest BCUT2D eigenvalue weighted by Gasteiger charge is 2.46. The quantitative estimate of drug-likeness (QED) is 0.448. The summed E-state index contributed by atoms with van der Waals surface area (Å²) in [6.07, 6.45) is 3.88. The molecule has 39 heavy (non-hydrogen) atoms. The minimum atomic E-state index is -0.832. The molecule has 1 saturated heterocycles. The van der Waals surface area contributed by atoms with Gasteiger partial charge in [-0.2, -0.15) is 4.98 Å². The number of β-amino-alcohol motifs (C(OH)–C–C–N with tert-alkyl or cyclic N) is 1. The van der Waals surface area contributed by atoms with Crippen molar-refractivity contribution in [2.45, 2.75) is 90.4 Å². The molecule has 2 amide bonds. The van der Waals surface area contributed by atoms with Crippen molar-refractivity contribution in [1.82, 2.24) is 35.4 Å². The van der Waals surface area contributed by atoms with Crippen LogP contribution < -0.4 is 5.32 Å². The van der Waals surface area contributed by atoms with E-state index in [4.69, 9.17) is 4.52 Å². The fourth-order valence-electron chi connectivity index (χ4n) is 5.22. The van der Waals surface area contributed by atoms with Crippen LogP contribution >= 0.6 is 0 Å². The van der Waals surface area contributed by atoms with Gasteiger partial charge >= 0.3 is 0 Å². The fraction of sp³-hybridized carbons (Fsp3) is 0.571. The lowest BCUT2D eigenvalue weighted by molar-refractivity contribution is -0.144. The third-order valence-corrected chi connectivity index (χ3v) is 7.45. The van der Waals surface area contributed by atoms with Crippen LogP contribution in [-0.2, 0) is 9.59 Å². The molecule has 0 spiro atoms. The van der Waals surface area contributed by atoms with Gasteiger partial charge in [0.15, 0.2) is 5.82 Å². The Morgan fingerprint density at radius 2 is 2.03 bits per heavy atom. The molecule has 11 nitrogen and oxygen atoms in total. The van der Waals surface area contributed by atoms with Crippen LogP contribution in [0.25, 0.3) is 11.5 Å². The molecule has 4 atom stereocenters. The first-order valence-corrected chi connectivity index (χ1v) is 13.7. The maximum Gasteiger partial charge on any atom is 0.258 e. The van der Waals surface area contributed by atoms with Crippen LogP contribution in [0.4, 0.5) is 0 Å². The van der Waals surface area contributed by atoms with Crippen LogP contribution in [0, 0.1) is 12.3 Å². The number of rotatable bonds is 8. The Balaban J connectivity index is 1.34. The minimum Gasteiger partial charge on any atom is -0.391 e. The maximum atomic E-state index is 14.0. The molecule has 0 radical (unpaired) electrons. The molecule has 2 N–H and O–H groups in total. The third-order valence-electron chi connectivity index (χ3n) is 7.45. The van der Waals surface area contributed by atoms with Crippen molar-refractivity contribution in [2.24, 2.45) is 5.41 Å². The molecule has 4 unspecified atom stereocenters. The van der Waals surface area contributed by atoms with E-state index < -0.39 is 29.6 Å². The summed E-state index contributed by atoms with van der Waals surface area (Å²) in [4.78, 5) is 33.5. The van der Waals surface area contributed by atoms with E-state index in [2.05, 4.69) is 25.8 Å². The standard InChI is InChI=1S/C28H37N7O4/c1-6-20(24-30-26(39-32-24)18-9-7-8-16(2)12-18)29-25(37)22-13-19(36)14-34(22)27(38)23(28(3,4)5)35-15-21(31-33-35)17-10-11-17/h7-9,12,15,17,19-20,22-23,36H,6,10-11,13-14H2,1-5H3,(H,29,37). The molecular weight excluding hydrogens is 498 g/mol. The van der Waals surface area contributed by atoms with E-state index in [9.17, 15) is 14.7 Å². The molecule has 2 fully saturated rings. The first kappa shape index (κ1) is 27.0. The highest BCUT2D eigenvalue weighted by molar-refractivity contribution is 5.90. The van der Waals surface area contributed by atoms with Crippen molar-refractivity contribution in [1.29, 1.82) is 0 Å². The Labute approximate surface area is 228 Å². The Kier molecular flexibility index (Phi) is 7.28. The lowest BCUT2D eigenvalue weighted by atomic mass is 9.85. The molecule has 1 aromatic carbocycles. The van der Waals surface area contributed by atoms with Gasteiger partial charge in [0.05, 0.1) is 17.8 Å². The number of hydrogen-bond acceptors (Lipinski definition) is 8. The first-order valence-electron chi connectivity index (χ1n) is 13.7. The summed E-state index contributed by atoms with van der Waals surface area (Å²) in [6, 6.07) is 5.73. The molecule has 2 aromatic heterocycles. The number of hydrogen-bond donors (Lipinski definition) is 2. The number of amides is 2. The molecule has 1 saturated carbocycles. The van der Waals surface area contributed by atoms with E-state index in [0.717, 1.165) is 29.7 Å². The van der Waals surface area contributed by atoms with Crippen LogP contribution in [0.1, 0.15) is 88.5 Å². The van der Waals surface area contributed by atoms with Gasteiger partial charge in [-0.05, 0) is 43.7 Å².